The van der Waals surface area contributed by atoms with Gasteiger partial charge < -0.3 is 15.8 Å². The number of hydrogen-bond acceptors (Lipinski definition) is 4. The summed E-state index contributed by atoms with van der Waals surface area (Å²) in [6.45, 7) is 4.61. The second-order valence-corrected chi connectivity index (χ2v) is 5.35. The highest BCUT2D eigenvalue weighted by Gasteiger charge is 2.41. The molecule has 0 unspecified atom stereocenters. The van der Waals surface area contributed by atoms with Gasteiger partial charge in [0.2, 0.25) is 5.91 Å². The molecule has 2 aliphatic rings. The van der Waals surface area contributed by atoms with Crippen molar-refractivity contribution in [2.75, 3.05) is 39.4 Å². The van der Waals surface area contributed by atoms with Crippen LogP contribution in [-0.4, -0.2) is 55.7 Å². The van der Waals surface area contributed by atoms with Gasteiger partial charge in [-0.3, -0.25) is 9.69 Å². The highest BCUT2D eigenvalue weighted by atomic mass is 35.5. The molecule has 0 aromatic carbocycles. The number of nitrogens with one attached hydrogen (secondary N) is 1. The number of morpholine rings is 1. The van der Waals surface area contributed by atoms with Crippen molar-refractivity contribution < 1.29 is 9.53 Å². The van der Waals surface area contributed by atoms with Crippen LogP contribution in [0.5, 0.6) is 0 Å². The summed E-state index contributed by atoms with van der Waals surface area (Å²) in [6, 6.07) is 0. The minimum Gasteiger partial charge on any atom is -0.379 e. The van der Waals surface area contributed by atoms with Gasteiger partial charge in [-0.05, 0) is 12.8 Å². The number of hydrogen-bond donors (Lipinski definition) is 2. The van der Waals surface area contributed by atoms with Crippen molar-refractivity contribution >= 4 is 30.7 Å². The standard InChI is InChI=1S/C13H25N3O2.2ClH/c14-5-6-15-12(17)11-13(3-1-2-4-13)16-7-9-18-10-8-16;;/h1-11,14H2,(H,15,17);2*1H. The van der Waals surface area contributed by atoms with Crippen molar-refractivity contribution in [2.45, 2.75) is 37.6 Å². The first-order valence-electron chi connectivity index (χ1n) is 7.06. The van der Waals surface area contributed by atoms with Crippen molar-refractivity contribution in [1.29, 1.82) is 0 Å². The van der Waals surface area contributed by atoms with Gasteiger partial charge in [-0.1, -0.05) is 12.8 Å². The molecular weight excluding hydrogens is 301 g/mol. The zero-order valence-electron chi connectivity index (χ0n) is 11.9. The smallest absolute Gasteiger partial charge is 0.221 e. The maximum absolute atomic E-state index is 12.0. The Morgan fingerprint density at radius 2 is 1.80 bits per heavy atom. The first kappa shape index (κ1) is 19.9. The highest BCUT2D eigenvalue weighted by molar-refractivity contribution is 5.85. The van der Waals surface area contributed by atoms with Crippen LogP contribution < -0.4 is 11.1 Å². The van der Waals surface area contributed by atoms with Gasteiger partial charge in [0.05, 0.1) is 13.2 Å². The van der Waals surface area contributed by atoms with E-state index < -0.39 is 0 Å². The summed E-state index contributed by atoms with van der Waals surface area (Å²) < 4.78 is 5.42. The number of carbonyl (C=O) groups excluding carboxylic acids is 1. The summed E-state index contributed by atoms with van der Waals surface area (Å²) >= 11 is 0. The number of amides is 1. The molecule has 1 heterocycles. The number of halogens is 2. The van der Waals surface area contributed by atoms with Crippen LogP contribution in [0.15, 0.2) is 0 Å². The van der Waals surface area contributed by atoms with Gasteiger partial charge in [0.15, 0.2) is 0 Å². The lowest BCUT2D eigenvalue weighted by atomic mass is 9.90. The minimum atomic E-state index is 0. The van der Waals surface area contributed by atoms with Crippen LogP contribution in [0.2, 0.25) is 0 Å². The topological polar surface area (TPSA) is 67.6 Å². The molecule has 3 N–H and O–H groups in total. The second kappa shape index (κ2) is 9.79. The number of nitrogens with zero attached hydrogens (tertiary/aromatic N) is 1. The third-order valence-corrected chi connectivity index (χ3v) is 4.17. The highest BCUT2D eigenvalue weighted by Crippen LogP contribution is 2.38. The Kier molecular flexibility index (Phi) is 9.76. The molecule has 0 aromatic rings. The lowest BCUT2D eigenvalue weighted by Gasteiger charge is -2.43. The Balaban J connectivity index is 0.00000180. The van der Waals surface area contributed by atoms with E-state index in [1.54, 1.807) is 0 Å². The molecule has 1 aliphatic carbocycles. The van der Waals surface area contributed by atoms with Gasteiger partial charge in [-0.15, -0.1) is 24.8 Å². The molecule has 0 spiro atoms. The van der Waals surface area contributed by atoms with E-state index in [2.05, 4.69) is 10.2 Å². The van der Waals surface area contributed by atoms with E-state index in [-0.39, 0.29) is 36.3 Å². The molecule has 120 valence electrons. The molecule has 20 heavy (non-hydrogen) atoms. The Morgan fingerprint density at radius 3 is 2.35 bits per heavy atom. The van der Waals surface area contributed by atoms with E-state index in [9.17, 15) is 4.79 Å². The van der Waals surface area contributed by atoms with Crippen molar-refractivity contribution in [2.24, 2.45) is 5.73 Å². The Hall–Kier alpha value is -0.0700. The maximum Gasteiger partial charge on any atom is 0.221 e. The quantitative estimate of drug-likeness (QED) is 0.788. The molecule has 0 atom stereocenters. The molecule has 1 aliphatic heterocycles. The number of nitrogens with two attached hydrogens (primary N) is 1. The van der Waals surface area contributed by atoms with Crippen LogP contribution in [0.1, 0.15) is 32.1 Å². The fourth-order valence-electron chi connectivity index (χ4n) is 3.25. The molecule has 0 bridgehead atoms. The van der Waals surface area contributed by atoms with Crippen LogP contribution in [0.25, 0.3) is 0 Å². The average molecular weight is 328 g/mol. The van der Waals surface area contributed by atoms with Gasteiger partial charge >= 0.3 is 0 Å². The van der Waals surface area contributed by atoms with Crippen LogP contribution in [0.3, 0.4) is 0 Å². The Bertz CT molecular complexity index is 281. The third kappa shape index (κ3) is 5.04. The predicted molar refractivity (Wildman–Crippen MR) is 84.8 cm³/mol. The van der Waals surface area contributed by atoms with Crippen molar-refractivity contribution in [3.8, 4) is 0 Å². The van der Waals surface area contributed by atoms with Crippen molar-refractivity contribution in [3.63, 3.8) is 0 Å². The molecule has 0 aromatic heterocycles. The summed E-state index contributed by atoms with van der Waals surface area (Å²) in [6.07, 6.45) is 5.38. The normalized spacial score (nSPS) is 21.6. The number of ether oxygens (including phenoxy) is 1. The van der Waals surface area contributed by atoms with E-state index >= 15 is 0 Å². The summed E-state index contributed by atoms with van der Waals surface area (Å²) in [4.78, 5) is 14.5. The van der Waals surface area contributed by atoms with Gasteiger partial charge in [0.25, 0.3) is 0 Å². The van der Waals surface area contributed by atoms with E-state index in [1.165, 1.54) is 12.8 Å². The molecule has 2 fully saturated rings. The summed E-state index contributed by atoms with van der Waals surface area (Å²) in [7, 11) is 0. The fraction of sp³-hybridized carbons (Fsp3) is 0.923. The van der Waals surface area contributed by atoms with Crippen LogP contribution >= 0.6 is 24.8 Å². The molecule has 1 amide bonds. The average Bonchev–Trinajstić information content (AvgIpc) is 2.87. The lowest BCUT2D eigenvalue weighted by Crippen LogP contribution is -2.54. The van der Waals surface area contributed by atoms with Crippen LogP contribution in [0, 0.1) is 0 Å². The summed E-state index contributed by atoms with van der Waals surface area (Å²) in [5.74, 6) is 0.147. The van der Waals surface area contributed by atoms with Crippen LogP contribution in [-0.2, 0) is 9.53 Å². The zero-order chi connectivity index (χ0) is 12.8. The van der Waals surface area contributed by atoms with Gasteiger partial charge in [0, 0.05) is 38.1 Å². The van der Waals surface area contributed by atoms with Crippen LogP contribution in [0.4, 0.5) is 0 Å². The first-order chi connectivity index (χ1) is 8.77. The van der Waals surface area contributed by atoms with E-state index in [4.69, 9.17) is 10.5 Å². The van der Waals surface area contributed by atoms with E-state index in [1.807, 2.05) is 0 Å². The fourth-order valence-corrected chi connectivity index (χ4v) is 3.25. The minimum absolute atomic E-state index is 0. The van der Waals surface area contributed by atoms with Crippen molar-refractivity contribution in [3.05, 3.63) is 0 Å². The Labute approximate surface area is 133 Å². The van der Waals surface area contributed by atoms with Crippen molar-refractivity contribution in [1.82, 2.24) is 10.2 Å². The second-order valence-electron chi connectivity index (χ2n) is 5.35. The van der Waals surface area contributed by atoms with Gasteiger partial charge in [0.1, 0.15) is 0 Å². The summed E-state index contributed by atoms with van der Waals surface area (Å²) in [5, 5.41) is 2.90. The number of carbonyl (C=O) groups is 1. The molecule has 0 radical (unpaired) electrons. The van der Waals surface area contributed by atoms with Gasteiger partial charge in [-0.2, -0.15) is 0 Å². The SMILES string of the molecule is Cl.Cl.NCCNC(=O)CC1(N2CCOCC2)CCCC1. The molecule has 1 saturated carbocycles. The summed E-state index contributed by atoms with van der Waals surface area (Å²) in [5.41, 5.74) is 5.50. The third-order valence-electron chi connectivity index (χ3n) is 4.17. The molecular formula is C13H27Cl2N3O2. The molecule has 2 rings (SSSR count). The molecule has 7 heteroatoms. The molecule has 1 saturated heterocycles. The molecule has 5 nitrogen and oxygen atoms in total. The Morgan fingerprint density at radius 1 is 1.20 bits per heavy atom. The van der Waals surface area contributed by atoms with E-state index in [0.29, 0.717) is 19.5 Å². The predicted octanol–water partition coefficient (Wildman–Crippen LogP) is 0.940. The van der Waals surface area contributed by atoms with E-state index in [0.717, 1.165) is 39.1 Å². The lowest BCUT2D eigenvalue weighted by molar-refractivity contribution is -0.125. The zero-order valence-corrected chi connectivity index (χ0v) is 13.6. The largest absolute Gasteiger partial charge is 0.379 e. The maximum atomic E-state index is 12.0. The van der Waals surface area contributed by atoms with Gasteiger partial charge in [-0.25, -0.2) is 0 Å². The first-order valence-corrected chi connectivity index (χ1v) is 7.06. The number of rotatable bonds is 5. The monoisotopic (exact) mass is 327 g/mol.